The van der Waals surface area contributed by atoms with E-state index in [-0.39, 0.29) is 5.91 Å². The molecule has 4 nitrogen and oxygen atoms in total. The quantitative estimate of drug-likeness (QED) is 0.856. The Kier molecular flexibility index (Phi) is 3.83. The van der Waals surface area contributed by atoms with Gasteiger partial charge in [0, 0.05) is 6.04 Å². The molecule has 0 aromatic heterocycles. The van der Waals surface area contributed by atoms with Crippen LogP contribution in [-0.4, -0.2) is 19.1 Å². The zero-order chi connectivity index (χ0) is 13.0. The van der Waals surface area contributed by atoms with E-state index in [1.54, 1.807) is 7.11 Å². The van der Waals surface area contributed by atoms with Crippen molar-refractivity contribution in [3.63, 3.8) is 0 Å². The van der Waals surface area contributed by atoms with Crippen LogP contribution in [0, 0.1) is 17.2 Å². The van der Waals surface area contributed by atoms with Gasteiger partial charge in [-0.1, -0.05) is 12.1 Å². The molecule has 0 heterocycles. The molecular formula is C14H16N2O2. The minimum Gasteiger partial charge on any atom is -0.497 e. The molecule has 0 spiro atoms. The van der Waals surface area contributed by atoms with Crippen molar-refractivity contribution in [2.24, 2.45) is 5.92 Å². The third-order valence-corrected chi connectivity index (χ3v) is 2.97. The van der Waals surface area contributed by atoms with Gasteiger partial charge in [-0.15, -0.1) is 0 Å². The van der Waals surface area contributed by atoms with Crippen LogP contribution in [0.25, 0.3) is 0 Å². The topological polar surface area (TPSA) is 62.1 Å². The average Bonchev–Trinajstić information content (AvgIpc) is 3.20. The zero-order valence-corrected chi connectivity index (χ0v) is 10.3. The molecule has 4 heteroatoms. The lowest BCUT2D eigenvalue weighted by Crippen LogP contribution is -2.32. The maximum atomic E-state index is 11.8. The van der Waals surface area contributed by atoms with Crippen LogP contribution in [-0.2, 0) is 11.2 Å². The molecule has 1 N–H and O–H groups in total. The summed E-state index contributed by atoms with van der Waals surface area (Å²) in [5.74, 6) is -0.0488. The van der Waals surface area contributed by atoms with Gasteiger partial charge in [0.15, 0.2) is 0 Å². The number of hydrogen-bond acceptors (Lipinski definition) is 3. The fraction of sp³-hybridized carbons (Fsp3) is 0.429. The van der Waals surface area contributed by atoms with Crippen molar-refractivity contribution in [2.45, 2.75) is 25.3 Å². The number of nitriles is 1. The number of hydrogen-bond donors (Lipinski definition) is 1. The van der Waals surface area contributed by atoms with Crippen molar-refractivity contribution in [2.75, 3.05) is 7.11 Å². The number of carbonyl (C=O) groups excluding carboxylic acids is 1. The second-order valence-electron chi connectivity index (χ2n) is 4.52. The van der Waals surface area contributed by atoms with Gasteiger partial charge < -0.3 is 10.1 Å². The van der Waals surface area contributed by atoms with Crippen molar-refractivity contribution in [1.29, 1.82) is 5.26 Å². The summed E-state index contributed by atoms with van der Waals surface area (Å²) in [4.78, 5) is 11.8. The number of nitrogens with one attached hydrogen (secondary N) is 1. The highest BCUT2D eigenvalue weighted by Gasteiger charge is 2.27. The standard InChI is InChI=1S/C14H16N2O2/c1-18-13-4-2-3-10(8-13)7-11(9-15)14(17)16-12-5-6-12/h2-4,8,11-12H,5-7H2,1H3,(H,16,17). The predicted octanol–water partition coefficient (Wildman–Crippen LogP) is 1.66. The zero-order valence-electron chi connectivity index (χ0n) is 10.3. The summed E-state index contributed by atoms with van der Waals surface area (Å²) >= 11 is 0. The summed E-state index contributed by atoms with van der Waals surface area (Å²) in [7, 11) is 1.60. The van der Waals surface area contributed by atoms with Gasteiger partial charge in [-0.05, 0) is 37.0 Å². The summed E-state index contributed by atoms with van der Waals surface area (Å²) < 4.78 is 5.12. The van der Waals surface area contributed by atoms with Gasteiger partial charge in [-0.2, -0.15) is 5.26 Å². The van der Waals surface area contributed by atoms with E-state index >= 15 is 0 Å². The summed E-state index contributed by atoms with van der Waals surface area (Å²) in [6.45, 7) is 0. The summed E-state index contributed by atoms with van der Waals surface area (Å²) in [5.41, 5.74) is 0.937. The van der Waals surface area contributed by atoms with E-state index in [1.807, 2.05) is 24.3 Å². The maximum Gasteiger partial charge on any atom is 0.237 e. The highest BCUT2D eigenvalue weighted by atomic mass is 16.5. The first-order valence-corrected chi connectivity index (χ1v) is 6.06. The Labute approximate surface area is 107 Å². The van der Waals surface area contributed by atoms with E-state index in [4.69, 9.17) is 10.00 Å². The summed E-state index contributed by atoms with van der Waals surface area (Å²) in [5, 5.41) is 11.9. The molecule has 1 unspecified atom stereocenters. The molecule has 1 aromatic rings. The largest absolute Gasteiger partial charge is 0.497 e. The first kappa shape index (κ1) is 12.4. The lowest BCUT2D eigenvalue weighted by molar-refractivity contribution is -0.123. The molecule has 18 heavy (non-hydrogen) atoms. The van der Waals surface area contributed by atoms with Crippen molar-refractivity contribution in [1.82, 2.24) is 5.32 Å². The number of nitrogens with zero attached hydrogens (tertiary/aromatic N) is 1. The third-order valence-electron chi connectivity index (χ3n) is 2.97. The Balaban J connectivity index is 2.00. The smallest absolute Gasteiger partial charge is 0.237 e. The Hall–Kier alpha value is -2.02. The van der Waals surface area contributed by atoms with Crippen LogP contribution in [0.1, 0.15) is 18.4 Å². The van der Waals surface area contributed by atoms with Gasteiger partial charge in [0.25, 0.3) is 0 Å². The van der Waals surface area contributed by atoms with Gasteiger partial charge in [-0.3, -0.25) is 4.79 Å². The van der Waals surface area contributed by atoms with Gasteiger partial charge >= 0.3 is 0 Å². The highest BCUT2D eigenvalue weighted by molar-refractivity contribution is 5.81. The van der Waals surface area contributed by atoms with E-state index in [1.165, 1.54) is 0 Å². The maximum absolute atomic E-state index is 11.8. The number of methoxy groups -OCH3 is 1. The molecule has 1 atom stereocenters. The molecule has 1 fully saturated rings. The van der Waals surface area contributed by atoms with Gasteiger partial charge in [0.1, 0.15) is 11.7 Å². The predicted molar refractivity (Wildman–Crippen MR) is 67.0 cm³/mol. The summed E-state index contributed by atoms with van der Waals surface area (Å²) in [6, 6.07) is 9.82. The van der Waals surface area contributed by atoms with Crippen molar-refractivity contribution in [3.05, 3.63) is 29.8 Å². The van der Waals surface area contributed by atoms with E-state index in [2.05, 4.69) is 11.4 Å². The minimum atomic E-state index is -0.627. The van der Waals surface area contributed by atoms with Gasteiger partial charge in [0.2, 0.25) is 5.91 Å². The number of benzene rings is 1. The summed E-state index contributed by atoms with van der Waals surface area (Å²) in [6.07, 6.45) is 2.48. The van der Waals surface area contributed by atoms with Gasteiger partial charge in [0.05, 0.1) is 13.2 Å². The second kappa shape index (κ2) is 5.54. The molecule has 1 aromatic carbocycles. The molecule has 0 radical (unpaired) electrons. The fourth-order valence-corrected chi connectivity index (χ4v) is 1.76. The Bertz CT molecular complexity index is 475. The third kappa shape index (κ3) is 3.24. The lowest BCUT2D eigenvalue weighted by Gasteiger charge is -2.10. The minimum absolute atomic E-state index is 0.164. The molecule has 94 valence electrons. The Morgan fingerprint density at radius 1 is 1.61 bits per heavy atom. The lowest BCUT2D eigenvalue weighted by atomic mass is 9.99. The van der Waals surface area contributed by atoms with E-state index in [0.29, 0.717) is 12.5 Å². The van der Waals surface area contributed by atoms with Crippen LogP contribution < -0.4 is 10.1 Å². The monoisotopic (exact) mass is 244 g/mol. The van der Waals surface area contributed by atoms with E-state index in [9.17, 15) is 4.79 Å². The van der Waals surface area contributed by atoms with Gasteiger partial charge in [-0.25, -0.2) is 0 Å². The molecule has 2 rings (SSSR count). The van der Waals surface area contributed by atoms with Crippen LogP contribution >= 0.6 is 0 Å². The fourth-order valence-electron chi connectivity index (χ4n) is 1.76. The Morgan fingerprint density at radius 2 is 2.39 bits per heavy atom. The highest BCUT2D eigenvalue weighted by Crippen LogP contribution is 2.20. The number of amides is 1. The van der Waals surface area contributed by atoms with Crippen molar-refractivity contribution >= 4 is 5.91 Å². The van der Waals surface area contributed by atoms with E-state index < -0.39 is 5.92 Å². The van der Waals surface area contributed by atoms with Crippen LogP contribution in [0.4, 0.5) is 0 Å². The molecular weight excluding hydrogens is 228 g/mol. The number of ether oxygens (including phenoxy) is 1. The van der Waals surface area contributed by atoms with Crippen LogP contribution in [0.15, 0.2) is 24.3 Å². The first-order chi connectivity index (χ1) is 8.72. The molecule has 1 amide bonds. The molecule has 0 bridgehead atoms. The number of rotatable bonds is 5. The van der Waals surface area contributed by atoms with Crippen LogP contribution in [0.2, 0.25) is 0 Å². The Morgan fingerprint density at radius 3 is 3.00 bits per heavy atom. The molecule has 1 saturated carbocycles. The number of carbonyl (C=O) groups is 1. The van der Waals surface area contributed by atoms with Crippen molar-refractivity contribution in [3.8, 4) is 11.8 Å². The molecule has 1 aliphatic rings. The second-order valence-corrected chi connectivity index (χ2v) is 4.52. The molecule has 1 aliphatic carbocycles. The first-order valence-electron chi connectivity index (χ1n) is 6.06. The van der Waals surface area contributed by atoms with E-state index in [0.717, 1.165) is 24.2 Å². The van der Waals surface area contributed by atoms with Crippen LogP contribution in [0.5, 0.6) is 5.75 Å². The normalized spacial score (nSPS) is 15.6. The SMILES string of the molecule is COc1cccc(CC(C#N)C(=O)NC2CC2)c1. The molecule has 0 aliphatic heterocycles. The average molecular weight is 244 g/mol. The van der Waals surface area contributed by atoms with Crippen molar-refractivity contribution < 1.29 is 9.53 Å². The van der Waals surface area contributed by atoms with Crippen LogP contribution in [0.3, 0.4) is 0 Å². The molecule has 0 saturated heterocycles.